The van der Waals surface area contributed by atoms with Crippen LogP contribution in [0.15, 0.2) is 30.5 Å². The Hall–Kier alpha value is -3.58. The number of carbonyl (C=O) groups is 5. The third kappa shape index (κ3) is 7.22. The quantitative estimate of drug-likeness (QED) is 0.172. The number of carboxylic acid groups (broad SMARTS) is 2. The highest BCUT2D eigenvalue weighted by Crippen LogP contribution is 2.19. The topological polar surface area (TPSA) is 204 Å². The van der Waals surface area contributed by atoms with Crippen molar-refractivity contribution in [3.8, 4) is 0 Å². The van der Waals surface area contributed by atoms with Crippen molar-refractivity contribution in [1.29, 1.82) is 0 Å². The van der Waals surface area contributed by atoms with Crippen molar-refractivity contribution in [2.45, 2.75) is 43.9 Å². The Bertz CT molecular complexity index is 1070. The van der Waals surface area contributed by atoms with Crippen LogP contribution in [0.1, 0.15) is 18.9 Å². The summed E-state index contributed by atoms with van der Waals surface area (Å²) in [6, 6.07) is 2.38. The smallest absolute Gasteiger partial charge is 0.326 e. The Morgan fingerprint density at radius 3 is 2.26 bits per heavy atom. The van der Waals surface area contributed by atoms with Gasteiger partial charge in [-0.2, -0.15) is 12.6 Å². The second-order valence-electron chi connectivity index (χ2n) is 7.64. The lowest BCUT2D eigenvalue weighted by atomic mass is 10.0. The van der Waals surface area contributed by atoms with Gasteiger partial charge in [-0.05, 0) is 18.6 Å². The number of fused-ring (bicyclic) bond motifs is 1. The number of carbonyl (C=O) groups excluding carboxylic acids is 3. The van der Waals surface area contributed by atoms with Gasteiger partial charge in [0.05, 0.1) is 12.5 Å². The largest absolute Gasteiger partial charge is 0.481 e. The molecule has 0 aliphatic carbocycles. The summed E-state index contributed by atoms with van der Waals surface area (Å²) in [5.41, 5.74) is 6.98. The van der Waals surface area contributed by atoms with Crippen LogP contribution in [0, 0.1) is 0 Å². The molecule has 12 nitrogen and oxygen atoms in total. The molecule has 0 aliphatic heterocycles. The number of aromatic amines is 1. The number of amides is 3. The van der Waals surface area contributed by atoms with Gasteiger partial charge in [0.25, 0.3) is 0 Å². The van der Waals surface area contributed by atoms with E-state index in [0.29, 0.717) is 5.56 Å². The van der Waals surface area contributed by atoms with Gasteiger partial charge in [-0.25, -0.2) is 4.79 Å². The normalized spacial score (nSPS) is 14.4. The molecule has 0 saturated carbocycles. The number of aliphatic carboxylic acids is 2. The van der Waals surface area contributed by atoms with Gasteiger partial charge in [-0.1, -0.05) is 18.2 Å². The van der Waals surface area contributed by atoms with Crippen molar-refractivity contribution in [2.75, 3.05) is 5.75 Å². The zero-order valence-electron chi connectivity index (χ0n) is 18.3. The molecule has 0 bridgehead atoms. The number of nitrogens with one attached hydrogen (secondary N) is 4. The summed E-state index contributed by atoms with van der Waals surface area (Å²) in [5.74, 6) is -5.04. The van der Waals surface area contributed by atoms with Gasteiger partial charge >= 0.3 is 11.9 Å². The monoisotopic (exact) mass is 493 g/mol. The van der Waals surface area contributed by atoms with E-state index in [4.69, 9.17) is 10.8 Å². The molecule has 13 heteroatoms. The SMILES string of the molecule is CC(NC(=O)C(N)CC(=O)O)C(=O)NC(CS)C(=O)NC(Cc1c[nH]c2ccccc12)C(=O)O. The van der Waals surface area contributed by atoms with E-state index in [1.807, 2.05) is 24.3 Å². The third-order valence-electron chi connectivity index (χ3n) is 5.01. The Morgan fingerprint density at radius 2 is 1.65 bits per heavy atom. The average molecular weight is 494 g/mol. The molecule has 34 heavy (non-hydrogen) atoms. The highest BCUT2D eigenvalue weighted by Gasteiger charge is 2.29. The number of benzene rings is 1. The van der Waals surface area contributed by atoms with Gasteiger partial charge < -0.3 is 36.9 Å². The number of aromatic nitrogens is 1. The fourth-order valence-corrected chi connectivity index (χ4v) is 3.41. The lowest BCUT2D eigenvalue weighted by Crippen LogP contribution is -2.57. The number of para-hydroxylation sites is 1. The summed E-state index contributed by atoms with van der Waals surface area (Å²) < 4.78 is 0. The minimum Gasteiger partial charge on any atom is -0.481 e. The molecule has 8 N–H and O–H groups in total. The maximum atomic E-state index is 12.7. The molecule has 2 aromatic rings. The molecule has 1 heterocycles. The molecule has 0 fully saturated rings. The van der Waals surface area contributed by atoms with Crippen LogP contribution < -0.4 is 21.7 Å². The van der Waals surface area contributed by atoms with Crippen LogP contribution in [-0.4, -0.2) is 74.8 Å². The van der Waals surface area contributed by atoms with Crippen LogP contribution in [-0.2, 0) is 30.4 Å². The zero-order chi connectivity index (χ0) is 25.4. The minimum atomic E-state index is -1.35. The Kier molecular flexibility index (Phi) is 9.45. The molecule has 4 unspecified atom stereocenters. The summed E-state index contributed by atoms with van der Waals surface area (Å²) in [6.07, 6.45) is 1.06. The second-order valence-corrected chi connectivity index (χ2v) is 8.01. The molecule has 4 atom stereocenters. The summed E-state index contributed by atoms with van der Waals surface area (Å²) in [7, 11) is 0. The average Bonchev–Trinajstić information content (AvgIpc) is 3.18. The first kappa shape index (κ1) is 26.7. The third-order valence-corrected chi connectivity index (χ3v) is 5.38. The van der Waals surface area contributed by atoms with E-state index in [1.54, 1.807) is 6.20 Å². The highest BCUT2D eigenvalue weighted by atomic mass is 32.1. The zero-order valence-corrected chi connectivity index (χ0v) is 19.2. The first-order chi connectivity index (χ1) is 16.0. The summed E-state index contributed by atoms with van der Waals surface area (Å²) in [4.78, 5) is 62.4. The van der Waals surface area contributed by atoms with Gasteiger partial charge in [0.1, 0.15) is 18.1 Å². The predicted octanol–water partition coefficient (Wildman–Crippen LogP) is -0.999. The lowest BCUT2D eigenvalue weighted by Gasteiger charge is -2.22. The molecular formula is C21H27N5O7S. The molecule has 1 aromatic heterocycles. The van der Waals surface area contributed by atoms with Crippen molar-refractivity contribution in [1.82, 2.24) is 20.9 Å². The van der Waals surface area contributed by atoms with Gasteiger partial charge in [0.15, 0.2) is 0 Å². The van der Waals surface area contributed by atoms with Crippen molar-refractivity contribution in [3.63, 3.8) is 0 Å². The van der Waals surface area contributed by atoms with Crippen LogP contribution in [0.4, 0.5) is 0 Å². The van der Waals surface area contributed by atoms with Gasteiger partial charge in [-0.3, -0.25) is 19.2 Å². The standard InChI is InChI=1S/C21H27N5O7S/c1-10(24-19(30)13(22)7-17(27)28)18(29)26-16(9-34)20(31)25-15(21(32)33)6-11-8-23-14-5-3-2-4-12(11)14/h2-5,8,10,13,15-16,23,34H,6-7,9,22H2,1H3,(H,24,30)(H,25,31)(H,26,29)(H,27,28)(H,32,33). The number of thiol groups is 1. The summed E-state index contributed by atoms with van der Waals surface area (Å²) >= 11 is 4.05. The molecule has 0 spiro atoms. The Labute approximate surface area is 200 Å². The number of hydrogen-bond acceptors (Lipinski definition) is 7. The number of nitrogens with two attached hydrogens (primary N) is 1. The van der Waals surface area contributed by atoms with E-state index < -0.39 is 60.2 Å². The number of carboxylic acids is 2. The van der Waals surface area contributed by atoms with Crippen LogP contribution in [0.2, 0.25) is 0 Å². The van der Waals surface area contributed by atoms with Gasteiger partial charge in [0, 0.05) is 29.3 Å². The van der Waals surface area contributed by atoms with E-state index in [1.165, 1.54) is 6.92 Å². The highest BCUT2D eigenvalue weighted by molar-refractivity contribution is 7.80. The van der Waals surface area contributed by atoms with Gasteiger partial charge in [0.2, 0.25) is 17.7 Å². The summed E-state index contributed by atoms with van der Waals surface area (Å²) in [5, 5.41) is 26.2. The second kappa shape index (κ2) is 12.0. The molecular weight excluding hydrogens is 466 g/mol. The summed E-state index contributed by atoms with van der Waals surface area (Å²) in [6.45, 7) is 1.32. The van der Waals surface area contributed by atoms with E-state index >= 15 is 0 Å². The molecule has 2 rings (SSSR count). The maximum absolute atomic E-state index is 12.7. The maximum Gasteiger partial charge on any atom is 0.326 e. The predicted molar refractivity (Wildman–Crippen MR) is 125 cm³/mol. The van der Waals surface area contributed by atoms with E-state index in [2.05, 4.69) is 33.6 Å². The molecule has 1 aromatic carbocycles. The fourth-order valence-electron chi connectivity index (χ4n) is 3.15. The van der Waals surface area contributed by atoms with Crippen LogP contribution >= 0.6 is 12.6 Å². The van der Waals surface area contributed by atoms with Crippen molar-refractivity contribution in [3.05, 3.63) is 36.0 Å². The first-order valence-electron chi connectivity index (χ1n) is 10.3. The molecule has 184 valence electrons. The van der Waals surface area contributed by atoms with Crippen LogP contribution in [0.5, 0.6) is 0 Å². The van der Waals surface area contributed by atoms with Crippen LogP contribution in [0.3, 0.4) is 0 Å². The van der Waals surface area contributed by atoms with Gasteiger partial charge in [-0.15, -0.1) is 0 Å². The Morgan fingerprint density at radius 1 is 1.00 bits per heavy atom. The van der Waals surface area contributed by atoms with Crippen molar-refractivity contribution in [2.24, 2.45) is 5.73 Å². The minimum absolute atomic E-state index is 0.00620. The molecule has 3 amide bonds. The molecule has 0 radical (unpaired) electrons. The van der Waals surface area contributed by atoms with Crippen LogP contribution in [0.25, 0.3) is 10.9 Å². The van der Waals surface area contributed by atoms with E-state index in [-0.39, 0.29) is 12.2 Å². The number of rotatable bonds is 12. The molecule has 0 saturated heterocycles. The van der Waals surface area contributed by atoms with Crippen molar-refractivity contribution < 1.29 is 34.2 Å². The fraction of sp³-hybridized carbons (Fsp3) is 0.381. The Balaban J connectivity index is 1.99. The molecule has 0 aliphatic rings. The van der Waals surface area contributed by atoms with E-state index in [0.717, 1.165) is 10.9 Å². The van der Waals surface area contributed by atoms with E-state index in [9.17, 15) is 29.1 Å². The number of hydrogen-bond donors (Lipinski definition) is 8. The lowest BCUT2D eigenvalue weighted by molar-refractivity contribution is -0.142. The first-order valence-corrected chi connectivity index (χ1v) is 10.9. The van der Waals surface area contributed by atoms with Crippen molar-refractivity contribution >= 4 is 53.2 Å². The number of H-pyrrole nitrogens is 1.